The molecule has 2 aromatic carbocycles. The lowest BCUT2D eigenvalue weighted by molar-refractivity contribution is -0.156. The normalized spacial score (nSPS) is 17.9. The molecule has 0 aromatic heterocycles. The molecule has 0 saturated carbocycles. The number of carboxylic acid groups (broad SMARTS) is 1. The van der Waals surface area contributed by atoms with Gasteiger partial charge in [-0.25, -0.2) is 4.79 Å². The second-order valence-electron chi connectivity index (χ2n) is 5.75. The van der Waals surface area contributed by atoms with Gasteiger partial charge in [0.2, 0.25) is 0 Å². The molecule has 0 saturated heterocycles. The fourth-order valence-corrected chi connectivity index (χ4v) is 3.23. The first-order valence-corrected chi connectivity index (χ1v) is 7.82. The van der Waals surface area contributed by atoms with Crippen LogP contribution >= 0.6 is 0 Å². The highest BCUT2D eigenvalue weighted by atomic mass is 16.5. The molecule has 0 aliphatic carbocycles. The Morgan fingerprint density at radius 3 is 2.46 bits per heavy atom. The molecule has 0 spiro atoms. The van der Waals surface area contributed by atoms with Gasteiger partial charge in [0, 0.05) is 13.7 Å². The van der Waals surface area contributed by atoms with Gasteiger partial charge in [-0.2, -0.15) is 0 Å². The van der Waals surface area contributed by atoms with Crippen molar-refractivity contribution in [2.45, 2.75) is 18.6 Å². The molecule has 1 heterocycles. The molecule has 1 amide bonds. The summed E-state index contributed by atoms with van der Waals surface area (Å²) in [5.41, 5.74) is 2.36. The van der Waals surface area contributed by atoms with E-state index in [0.717, 1.165) is 5.56 Å². The number of aliphatic carboxylic acids is 1. The lowest BCUT2D eigenvalue weighted by Crippen LogP contribution is -2.45. The highest BCUT2D eigenvalue weighted by molar-refractivity contribution is 5.88. The number of ether oxygens (including phenoxy) is 1. The van der Waals surface area contributed by atoms with E-state index in [0.29, 0.717) is 24.1 Å². The predicted molar refractivity (Wildman–Crippen MR) is 88.4 cm³/mol. The molecule has 1 N–H and O–H groups in total. The van der Waals surface area contributed by atoms with E-state index in [1.807, 2.05) is 30.3 Å². The number of carboxylic acids is 1. The molecule has 0 bridgehead atoms. The number of methoxy groups -OCH3 is 1. The Morgan fingerprint density at radius 2 is 1.79 bits per heavy atom. The van der Waals surface area contributed by atoms with E-state index in [1.165, 1.54) is 12.0 Å². The molecule has 5 heteroatoms. The van der Waals surface area contributed by atoms with Crippen LogP contribution in [0.25, 0.3) is 0 Å². The smallest absolute Gasteiger partial charge is 0.331 e. The van der Waals surface area contributed by atoms with Crippen LogP contribution in [0.15, 0.2) is 54.6 Å². The van der Waals surface area contributed by atoms with Crippen molar-refractivity contribution in [3.05, 3.63) is 71.3 Å². The summed E-state index contributed by atoms with van der Waals surface area (Å²) in [5, 5.41) is 9.69. The Labute approximate surface area is 140 Å². The molecular weight excluding hydrogens is 306 g/mol. The third kappa shape index (κ3) is 2.90. The quantitative estimate of drug-likeness (QED) is 0.938. The van der Waals surface area contributed by atoms with E-state index in [2.05, 4.69) is 0 Å². The number of rotatable bonds is 4. The molecule has 2 aromatic rings. The van der Waals surface area contributed by atoms with Crippen LogP contribution in [-0.2, 0) is 20.7 Å². The van der Waals surface area contributed by atoms with Gasteiger partial charge in [-0.15, -0.1) is 0 Å². The van der Waals surface area contributed by atoms with Crippen LogP contribution in [-0.4, -0.2) is 35.5 Å². The number of amides is 1. The molecule has 0 fully saturated rings. The SMILES string of the molecule is CO[C@@H](C(=O)N1CCc2ccccc2C1C(=O)O)c1ccccc1. The van der Waals surface area contributed by atoms with E-state index < -0.39 is 18.1 Å². The third-order valence-corrected chi connectivity index (χ3v) is 4.36. The second kappa shape index (κ2) is 6.84. The molecule has 0 radical (unpaired) electrons. The van der Waals surface area contributed by atoms with Gasteiger partial charge in [0.05, 0.1) is 0 Å². The largest absolute Gasteiger partial charge is 0.479 e. The number of hydrogen-bond acceptors (Lipinski definition) is 3. The molecule has 2 atom stereocenters. The first-order valence-electron chi connectivity index (χ1n) is 7.82. The van der Waals surface area contributed by atoms with Crippen LogP contribution in [0, 0.1) is 0 Å². The van der Waals surface area contributed by atoms with Gasteiger partial charge in [0.15, 0.2) is 12.1 Å². The Bertz CT molecular complexity index is 744. The first kappa shape index (κ1) is 16.2. The van der Waals surface area contributed by atoms with Crippen molar-refractivity contribution in [3.8, 4) is 0 Å². The van der Waals surface area contributed by atoms with Crippen LogP contribution < -0.4 is 0 Å². The number of carbonyl (C=O) groups is 2. The Morgan fingerprint density at radius 1 is 1.12 bits per heavy atom. The molecule has 3 rings (SSSR count). The van der Waals surface area contributed by atoms with E-state index in [9.17, 15) is 14.7 Å². The molecule has 5 nitrogen and oxygen atoms in total. The van der Waals surface area contributed by atoms with E-state index in [1.54, 1.807) is 24.3 Å². The van der Waals surface area contributed by atoms with Gasteiger partial charge in [0.25, 0.3) is 5.91 Å². The lowest BCUT2D eigenvalue weighted by Gasteiger charge is -2.36. The average Bonchev–Trinajstić information content (AvgIpc) is 2.62. The van der Waals surface area contributed by atoms with Crippen molar-refractivity contribution >= 4 is 11.9 Å². The van der Waals surface area contributed by atoms with Crippen LogP contribution in [0.2, 0.25) is 0 Å². The van der Waals surface area contributed by atoms with Crippen molar-refractivity contribution in [1.29, 1.82) is 0 Å². The van der Waals surface area contributed by atoms with Crippen molar-refractivity contribution in [2.24, 2.45) is 0 Å². The Hall–Kier alpha value is -2.66. The van der Waals surface area contributed by atoms with Crippen molar-refractivity contribution < 1.29 is 19.4 Å². The summed E-state index contributed by atoms with van der Waals surface area (Å²) in [5.74, 6) is -1.36. The highest BCUT2D eigenvalue weighted by Crippen LogP contribution is 2.33. The highest BCUT2D eigenvalue weighted by Gasteiger charge is 2.38. The maximum Gasteiger partial charge on any atom is 0.331 e. The third-order valence-electron chi connectivity index (χ3n) is 4.36. The first-order chi connectivity index (χ1) is 11.6. The standard InChI is InChI=1S/C19H19NO4/c1-24-17(14-8-3-2-4-9-14)18(21)20-12-11-13-7-5-6-10-15(13)16(20)19(22)23/h2-10,16-17H,11-12H2,1H3,(H,22,23)/t16?,17-/m1/s1. The van der Waals surface area contributed by atoms with Gasteiger partial charge in [-0.3, -0.25) is 4.79 Å². The number of carbonyl (C=O) groups excluding carboxylic acids is 1. The zero-order valence-electron chi connectivity index (χ0n) is 13.4. The Kier molecular flexibility index (Phi) is 4.62. The zero-order chi connectivity index (χ0) is 17.1. The summed E-state index contributed by atoms with van der Waals surface area (Å²) in [6.45, 7) is 0.361. The van der Waals surface area contributed by atoms with E-state index >= 15 is 0 Å². The average molecular weight is 325 g/mol. The molecule has 1 aliphatic rings. The van der Waals surface area contributed by atoms with Crippen LogP contribution in [0.5, 0.6) is 0 Å². The monoisotopic (exact) mass is 325 g/mol. The van der Waals surface area contributed by atoms with Crippen LogP contribution in [0.3, 0.4) is 0 Å². The molecule has 1 aliphatic heterocycles. The number of benzene rings is 2. The minimum absolute atomic E-state index is 0.328. The summed E-state index contributed by atoms with van der Waals surface area (Å²) in [4.78, 5) is 26.2. The maximum absolute atomic E-state index is 13.0. The van der Waals surface area contributed by atoms with Gasteiger partial charge in [-0.1, -0.05) is 54.6 Å². The number of fused-ring (bicyclic) bond motifs is 1. The number of nitrogens with zero attached hydrogens (tertiary/aromatic N) is 1. The predicted octanol–water partition coefficient (Wildman–Crippen LogP) is 2.58. The molecule has 24 heavy (non-hydrogen) atoms. The van der Waals surface area contributed by atoms with Gasteiger partial charge < -0.3 is 14.7 Å². The number of hydrogen-bond donors (Lipinski definition) is 1. The second-order valence-corrected chi connectivity index (χ2v) is 5.75. The van der Waals surface area contributed by atoms with Crippen LogP contribution in [0.1, 0.15) is 28.8 Å². The summed E-state index contributed by atoms with van der Waals surface area (Å²) in [7, 11) is 1.46. The van der Waals surface area contributed by atoms with Crippen molar-refractivity contribution in [3.63, 3.8) is 0 Å². The minimum Gasteiger partial charge on any atom is -0.479 e. The van der Waals surface area contributed by atoms with Crippen molar-refractivity contribution in [1.82, 2.24) is 4.90 Å². The summed E-state index contributed by atoms with van der Waals surface area (Å²) >= 11 is 0. The van der Waals surface area contributed by atoms with E-state index in [-0.39, 0.29) is 5.91 Å². The fourth-order valence-electron chi connectivity index (χ4n) is 3.23. The zero-order valence-corrected chi connectivity index (χ0v) is 13.4. The fraction of sp³-hybridized carbons (Fsp3) is 0.263. The Balaban J connectivity index is 1.95. The lowest BCUT2D eigenvalue weighted by atomic mass is 9.91. The molecule has 1 unspecified atom stereocenters. The maximum atomic E-state index is 13.0. The molecule has 124 valence electrons. The summed E-state index contributed by atoms with van der Waals surface area (Å²) < 4.78 is 5.38. The van der Waals surface area contributed by atoms with Gasteiger partial charge >= 0.3 is 5.97 Å². The van der Waals surface area contributed by atoms with Crippen molar-refractivity contribution in [2.75, 3.05) is 13.7 Å². The van der Waals surface area contributed by atoms with E-state index in [4.69, 9.17) is 4.74 Å². The minimum atomic E-state index is -1.03. The summed E-state index contributed by atoms with van der Waals surface area (Å²) in [6.07, 6.45) is -0.171. The molecular formula is C19H19NO4. The van der Waals surface area contributed by atoms with Crippen LogP contribution in [0.4, 0.5) is 0 Å². The van der Waals surface area contributed by atoms with Gasteiger partial charge in [-0.05, 0) is 23.1 Å². The van der Waals surface area contributed by atoms with Gasteiger partial charge in [0.1, 0.15) is 0 Å². The summed E-state index contributed by atoms with van der Waals surface area (Å²) in [6, 6.07) is 15.5. The topological polar surface area (TPSA) is 66.8 Å².